The van der Waals surface area contributed by atoms with E-state index in [2.05, 4.69) is 15.5 Å². The molecule has 34 heavy (non-hydrogen) atoms. The topological polar surface area (TPSA) is 156 Å². The number of hydrogen-bond donors (Lipinski definition) is 1. The molecule has 3 rings (SSSR count). The van der Waals surface area contributed by atoms with Crippen molar-refractivity contribution < 1.29 is 36.1 Å². The summed E-state index contributed by atoms with van der Waals surface area (Å²) in [5.41, 5.74) is -0.365. The van der Waals surface area contributed by atoms with E-state index in [9.17, 15) is 41.3 Å². The third-order valence-corrected chi connectivity index (χ3v) is 7.52. The molecule has 1 N–H and O–H groups in total. The molecule has 0 saturated carbocycles. The third kappa shape index (κ3) is 6.03. The number of piperazine rings is 1. The van der Waals surface area contributed by atoms with Crippen molar-refractivity contribution in [1.82, 2.24) is 19.4 Å². The molecule has 2 heterocycles. The number of alkyl halides is 3. The van der Waals surface area contributed by atoms with Gasteiger partial charge in [0.05, 0.1) is 9.82 Å². The molecular formula is C17H17F3N6O6S2. The molecule has 0 spiro atoms. The number of benzene rings is 1. The molecule has 1 aliphatic rings. The van der Waals surface area contributed by atoms with Gasteiger partial charge in [-0.25, -0.2) is 8.42 Å². The summed E-state index contributed by atoms with van der Waals surface area (Å²) in [6.45, 7) is -0.0121. The van der Waals surface area contributed by atoms with Crippen LogP contribution in [-0.4, -0.2) is 70.7 Å². The summed E-state index contributed by atoms with van der Waals surface area (Å²) in [6.07, 6.45) is -5.23. The second kappa shape index (κ2) is 9.98. The minimum Gasteiger partial charge on any atom is -0.340 e. The Morgan fingerprint density at radius 2 is 1.82 bits per heavy atom. The molecule has 1 fully saturated rings. The van der Waals surface area contributed by atoms with Crippen molar-refractivity contribution in [3.05, 3.63) is 39.4 Å². The molecule has 2 amide bonds. The SMILES string of the molecule is O=C(CCC(=O)N1CCN(S(=O)(=O)c2cccc([N+](=O)[O-])c2)CC1)Nc1nnc(C(F)(F)F)s1. The number of rotatable bonds is 7. The Balaban J connectivity index is 1.49. The van der Waals surface area contributed by atoms with Gasteiger partial charge in [0.15, 0.2) is 0 Å². The minimum absolute atomic E-state index is 0.0416. The lowest BCUT2D eigenvalue weighted by Crippen LogP contribution is -2.50. The maximum Gasteiger partial charge on any atom is 0.445 e. The molecule has 17 heteroatoms. The maximum atomic E-state index is 12.8. The quantitative estimate of drug-likeness (QED) is 0.426. The Morgan fingerprint density at radius 3 is 2.41 bits per heavy atom. The Labute approximate surface area is 194 Å². The summed E-state index contributed by atoms with van der Waals surface area (Å²) < 4.78 is 64.2. The van der Waals surface area contributed by atoms with Crippen molar-refractivity contribution in [2.75, 3.05) is 31.5 Å². The molecule has 184 valence electrons. The van der Waals surface area contributed by atoms with E-state index in [0.29, 0.717) is 0 Å². The van der Waals surface area contributed by atoms with Crippen LogP contribution in [0.25, 0.3) is 0 Å². The number of hydrogen-bond acceptors (Lipinski definition) is 9. The molecule has 12 nitrogen and oxygen atoms in total. The van der Waals surface area contributed by atoms with Gasteiger partial charge in [-0.2, -0.15) is 17.5 Å². The summed E-state index contributed by atoms with van der Waals surface area (Å²) in [7, 11) is -4.00. The Hall–Kier alpha value is -3.18. The Bertz CT molecular complexity index is 1190. The highest BCUT2D eigenvalue weighted by atomic mass is 32.2. The van der Waals surface area contributed by atoms with Gasteiger partial charge >= 0.3 is 6.18 Å². The maximum absolute atomic E-state index is 12.8. The first-order chi connectivity index (χ1) is 15.9. The highest BCUT2D eigenvalue weighted by Gasteiger charge is 2.36. The lowest BCUT2D eigenvalue weighted by molar-refractivity contribution is -0.385. The second-order valence-electron chi connectivity index (χ2n) is 7.00. The number of anilines is 1. The van der Waals surface area contributed by atoms with Gasteiger partial charge in [-0.05, 0) is 6.07 Å². The molecule has 1 saturated heterocycles. The lowest BCUT2D eigenvalue weighted by atomic mass is 10.2. The summed E-state index contributed by atoms with van der Waals surface area (Å²) in [6, 6.07) is 4.64. The Kier molecular flexibility index (Phi) is 7.47. The fourth-order valence-corrected chi connectivity index (χ4v) is 5.12. The van der Waals surface area contributed by atoms with Gasteiger partial charge in [0.1, 0.15) is 0 Å². The summed E-state index contributed by atoms with van der Waals surface area (Å²) >= 11 is 0.159. The summed E-state index contributed by atoms with van der Waals surface area (Å²) in [4.78, 5) is 35.6. The van der Waals surface area contributed by atoms with Crippen molar-refractivity contribution in [2.45, 2.75) is 23.9 Å². The molecule has 0 aliphatic carbocycles. The van der Waals surface area contributed by atoms with E-state index in [-0.39, 0.29) is 66.1 Å². The van der Waals surface area contributed by atoms with E-state index in [0.717, 1.165) is 10.4 Å². The number of nitrogens with one attached hydrogen (secondary N) is 1. The van der Waals surface area contributed by atoms with Crippen molar-refractivity contribution >= 4 is 44.0 Å². The number of nitro groups is 1. The highest BCUT2D eigenvalue weighted by Crippen LogP contribution is 2.33. The van der Waals surface area contributed by atoms with Crippen LogP contribution in [0, 0.1) is 10.1 Å². The van der Waals surface area contributed by atoms with Gasteiger partial charge in [-0.15, -0.1) is 10.2 Å². The first kappa shape index (κ1) is 25.4. The van der Waals surface area contributed by atoms with Crippen molar-refractivity contribution in [2.24, 2.45) is 0 Å². The monoisotopic (exact) mass is 522 g/mol. The molecule has 0 unspecified atom stereocenters. The number of nitrogens with zero attached hydrogens (tertiary/aromatic N) is 5. The summed E-state index contributed by atoms with van der Waals surface area (Å²) in [5, 5.41) is 17.7. The van der Waals surface area contributed by atoms with E-state index in [1.54, 1.807) is 0 Å². The number of halogens is 3. The van der Waals surface area contributed by atoms with Crippen LogP contribution < -0.4 is 5.32 Å². The zero-order valence-electron chi connectivity index (χ0n) is 17.2. The molecular weight excluding hydrogens is 505 g/mol. The number of aromatic nitrogens is 2. The smallest absolute Gasteiger partial charge is 0.340 e. The molecule has 0 bridgehead atoms. The Morgan fingerprint density at radius 1 is 1.15 bits per heavy atom. The van der Waals surface area contributed by atoms with E-state index in [4.69, 9.17) is 0 Å². The number of carbonyl (C=O) groups excluding carboxylic acids is 2. The van der Waals surface area contributed by atoms with Gasteiger partial charge in [0.2, 0.25) is 32.0 Å². The van der Waals surface area contributed by atoms with Crippen LogP contribution in [0.3, 0.4) is 0 Å². The van der Waals surface area contributed by atoms with Gasteiger partial charge < -0.3 is 10.2 Å². The number of non-ortho nitro benzene ring substituents is 1. The van der Waals surface area contributed by atoms with E-state index >= 15 is 0 Å². The number of sulfonamides is 1. The van der Waals surface area contributed by atoms with Gasteiger partial charge in [-0.3, -0.25) is 19.7 Å². The second-order valence-corrected chi connectivity index (χ2v) is 9.91. The van der Waals surface area contributed by atoms with Crippen LogP contribution in [0.1, 0.15) is 17.8 Å². The van der Waals surface area contributed by atoms with E-state index in [1.165, 1.54) is 23.1 Å². The normalized spacial score (nSPS) is 15.2. The number of amides is 2. The van der Waals surface area contributed by atoms with E-state index < -0.39 is 37.9 Å². The zero-order valence-corrected chi connectivity index (χ0v) is 18.8. The van der Waals surface area contributed by atoms with Crippen LogP contribution >= 0.6 is 11.3 Å². The highest BCUT2D eigenvalue weighted by molar-refractivity contribution is 7.89. The molecule has 1 aromatic carbocycles. The van der Waals surface area contributed by atoms with Gasteiger partial charge in [-0.1, -0.05) is 17.4 Å². The average molecular weight is 522 g/mol. The first-order valence-electron chi connectivity index (χ1n) is 9.61. The molecule has 0 radical (unpaired) electrons. The number of nitro benzene ring substituents is 1. The van der Waals surface area contributed by atoms with Gasteiger partial charge in [0.25, 0.3) is 5.69 Å². The third-order valence-electron chi connectivity index (χ3n) is 4.74. The van der Waals surface area contributed by atoms with Crippen molar-refractivity contribution in [3.63, 3.8) is 0 Å². The van der Waals surface area contributed by atoms with Gasteiger partial charge in [0, 0.05) is 51.2 Å². The van der Waals surface area contributed by atoms with Crippen LogP contribution in [0.5, 0.6) is 0 Å². The zero-order chi connectivity index (χ0) is 25.1. The van der Waals surface area contributed by atoms with Crippen LogP contribution in [0.15, 0.2) is 29.2 Å². The fourth-order valence-electron chi connectivity index (χ4n) is 3.03. The van der Waals surface area contributed by atoms with Crippen LogP contribution in [0.2, 0.25) is 0 Å². The van der Waals surface area contributed by atoms with Crippen molar-refractivity contribution in [1.29, 1.82) is 0 Å². The van der Waals surface area contributed by atoms with Crippen LogP contribution in [0.4, 0.5) is 24.0 Å². The fraction of sp³-hybridized carbons (Fsp3) is 0.412. The lowest BCUT2D eigenvalue weighted by Gasteiger charge is -2.34. The molecule has 0 atom stereocenters. The van der Waals surface area contributed by atoms with E-state index in [1.807, 2.05) is 0 Å². The standard InChI is InChI=1S/C17H17F3N6O6S2/c18-17(19,20)15-22-23-16(33-15)21-13(27)4-5-14(28)24-6-8-25(9-7-24)34(31,32)12-3-1-2-11(10-12)26(29)30/h1-3,10H,4-9H2,(H,21,23,27). The minimum atomic E-state index is -4.68. The first-order valence-corrected chi connectivity index (χ1v) is 11.9. The predicted octanol–water partition coefficient (Wildman–Crippen LogP) is 1.72. The molecule has 2 aromatic rings. The predicted molar refractivity (Wildman–Crippen MR) is 111 cm³/mol. The molecule has 1 aliphatic heterocycles. The largest absolute Gasteiger partial charge is 0.445 e. The molecule has 1 aromatic heterocycles. The summed E-state index contributed by atoms with van der Waals surface area (Å²) in [5.74, 6) is -1.15. The van der Waals surface area contributed by atoms with Crippen LogP contribution in [-0.2, 0) is 25.8 Å². The number of carbonyl (C=O) groups is 2. The average Bonchev–Trinajstić information content (AvgIpc) is 3.26. The van der Waals surface area contributed by atoms with Crippen molar-refractivity contribution in [3.8, 4) is 0 Å².